The van der Waals surface area contributed by atoms with Crippen molar-refractivity contribution < 1.29 is 5.11 Å². The van der Waals surface area contributed by atoms with Gasteiger partial charge in [-0.15, -0.1) is 0 Å². The molecule has 11 heavy (non-hydrogen) atoms. The van der Waals surface area contributed by atoms with Crippen LogP contribution < -0.4 is 0 Å². The molecule has 0 saturated carbocycles. The SMILES string of the molecule is C=C1CC=C(C(C)(C)O)CC1. The standard InChI is InChI=1S/C10H16O/c1-8-4-6-9(7-5-8)10(2,3)11/h6,11H,1,4-5,7H2,2-3H3. The summed E-state index contributed by atoms with van der Waals surface area (Å²) in [7, 11) is 0. The predicted octanol–water partition coefficient (Wildman–Crippen LogP) is 2.42. The molecule has 0 atom stereocenters. The maximum atomic E-state index is 9.63. The molecule has 1 aliphatic rings. The van der Waals surface area contributed by atoms with E-state index in [1.165, 1.54) is 5.57 Å². The van der Waals surface area contributed by atoms with Crippen LogP contribution in [0.3, 0.4) is 0 Å². The van der Waals surface area contributed by atoms with Gasteiger partial charge in [0.1, 0.15) is 0 Å². The highest BCUT2D eigenvalue weighted by Crippen LogP contribution is 2.28. The van der Waals surface area contributed by atoms with Crippen molar-refractivity contribution in [2.24, 2.45) is 0 Å². The van der Waals surface area contributed by atoms with Crippen LogP contribution in [0.4, 0.5) is 0 Å². The molecule has 0 unspecified atom stereocenters. The van der Waals surface area contributed by atoms with E-state index >= 15 is 0 Å². The third-order valence-electron chi connectivity index (χ3n) is 2.17. The van der Waals surface area contributed by atoms with Crippen LogP contribution in [-0.2, 0) is 0 Å². The van der Waals surface area contributed by atoms with Crippen molar-refractivity contribution in [3.05, 3.63) is 23.8 Å². The molecule has 1 aliphatic carbocycles. The van der Waals surface area contributed by atoms with Crippen molar-refractivity contribution in [2.75, 3.05) is 0 Å². The van der Waals surface area contributed by atoms with Gasteiger partial charge in [0.05, 0.1) is 5.60 Å². The Labute approximate surface area is 68.4 Å². The first kappa shape index (κ1) is 8.54. The monoisotopic (exact) mass is 152 g/mol. The van der Waals surface area contributed by atoms with Crippen molar-refractivity contribution in [2.45, 2.75) is 38.7 Å². The minimum absolute atomic E-state index is 0.624. The predicted molar refractivity (Wildman–Crippen MR) is 47.4 cm³/mol. The summed E-state index contributed by atoms with van der Waals surface area (Å²) < 4.78 is 0. The highest BCUT2D eigenvalue weighted by molar-refractivity contribution is 5.22. The molecular weight excluding hydrogens is 136 g/mol. The highest BCUT2D eigenvalue weighted by atomic mass is 16.3. The second-order valence-corrected chi connectivity index (χ2v) is 3.74. The second-order valence-electron chi connectivity index (χ2n) is 3.74. The molecular formula is C10H16O. The van der Waals surface area contributed by atoms with Crippen LogP contribution in [-0.4, -0.2) is 10.7 Å². The summed E-state index contributed by atoms with van der Waals surface area (Å²) in [4.78, 5) is 0. The molecule has 62 valence electrons. The molecule has 1 N–H and O–H groups in total. The lowest BCUT2D eigenvalue weighted by atomic mass is 9.86. The first-order valence-corrected chi connectivity index (χ1v) is 4.08. The largest absolute Gasteiger partial charge is 0.386 e. The van der Waals surface area contributed by atoms with E-state index in [0.29, 0.717) is 0 Å². The number of rotatable bonds is 1. The fourth-order valence-electron chi connectivity index (χ4n) is 1.34. The molecule has 0 aliphatic heterocycles. The van der Waals surface area contributed by atoms with Crippen LogP contribution in [0.15, 0.2) is 23.8 Å². The Morgan fingerprint density at radius 3 is 2.45 bits per heavy atom. The summed E-state index contributed by atoms with van der Waals surface area (Å²) in [5, 5.41) is 9.63. The van der Waals surface area contributed by atoms with E-state index in [0.717, 1.165) is 24.8 Å². The lowest BCUT2D eigenvalue weighted by Gasteiger charge is -2.25. The Morgan fingerprint density at radius 1 is 1.45 bits per heavy atom. The van der Waals surface area contributed by atoms with Gasteiger partial charge in [-0.25, -0.2) is 0 Å². The molecule has 1 heteroatoms. The molecule has 0 radical (unpaired) electrons. The molecule has 0 saturated heterocycles. The van der Waals surface area contributed by atoms with E-state index in [2.05, 4.69) is 12.7 Å². The van der Waals surface area contributed by atoms with Gasteiger partial charge in [-0.2, -0.15) is 0 Å². The molecule has 0 amide bonds. The molecule has 0 aromatic heterocycles. The van der Waals surface area contributed by atoms with Crippen LogP contribution in [0.25, 0.3) is 0 Å². The van der Waals surface area contributed by atoms with E-state index < -0.39 is 5.60 Å². The molecule has 0 aromatic rings. The summed E-state index contributed by atoms with van der Waals surface area (Å²) in [5.74, 6) is 0. The normalized spacial score (nSPS) is 19.9. The average Bonchev–Trinajstić information content (AvgIpc) is 1.86. The highest BCUT2D eigenvalue weighted by Gasteiger charge is 2.20. The molecule has 0 aromatic carbocycles. The van der Waals surface area contributed by atoms with Gasteiger partial charge in [0.15, 0.2) is 0 Å². The summed E-state index contributed by atoms with van der Waals surface area (Å²) in [6.07, 6.45) is 5.06. The van der Waals surface area contributed by atoms with Gasteiger partial charge in [0, 0.05) is 0 Å². The first-order valence-electron chi connectivity index (χ1n) is 4.08. The third-order valence-corrected chi connectivity index (χ3v) is 2.17. The van der Waals surface area contributed by atoms with E-state index in [1.807, 2.05) is 13.8 Å². The minimum Gasteiger partial charge on any atom is -0.386 e. The minimum atomic E-state index is -0.624. The van der Waals surface area contributed by atoms with Gasteiger partial charge in [-0.3, -0.25) is 0 Å². The average molecular weight is 152 g/mol. The maximum absolute atomic E-state index is 9.63. The maximum Gasteiger partial charge on any atom is 0.0800 e. The number of hydrogen-bond donors (Lipinski definition) is 1. The molecule has 0 spiro atoms. The zero-order chi connectivity index (χ0) is 8.48. The molecule has 1 nitrogen and oxygen atoms in total. The quantitative estimate of drug-likeness (QED) is 0.572. The molecule has 0 heterocycles. The number of hydrogen-bond acceptors (Lipinski definition) is 1. The molecule has 0 fully saturated rings. The van der Waals surface area contributed by atoms with E-state index in [4.69, 9.17) is 0 Å². The fraction of sp³-hybridized carbons (Fsp3) is 0.600. The van der Waals surface area contributed by atoms with E-state index in [1.54, 1.807) is 0 Å². The van der Waals surface area contributed by atoms with Crippen LogP contribution in [0.5, 0.6) is 0 Å². The Balaban J connectivity index is 2.69. The van der Waals surface area contributed by atoms with E-state index in [-0.39, 0.29) is 0 Å². The van der Waals surface area contributed by atoms with Crippen molar-refractivity contribution >= 4 is 0 Å². The molecule has 0 bridgehead atoms. The van der Waals surface area contributed by atoms with Gasteiger partial charge in [-0.05, 0) is 38.7 Å². The third kappa shape index (κ3) is 2.19. The van der Waals surface area contributed by atoms with Gasteiger partial charge < -0.3 is 5.11 Å². The second kappa shape index (κ2) is 2.82. The van der Waals surface area contributed by atoms with Crippen molar-refractivity contribution in [3.63, 3.8) is 0 Å². The Hall–Kier alpha value is -0.560. The lowest BCUT2D eigenvalue weighted by Crippen LogP contribution is -2.23. The Kier molecular flexibility index (Phi) is 2.19. The first-order chi connectivity index (χ1) is 5.00. The topological polar surface area (TPSA) is 20.2 Å². The van der Waals surface area contributed by atoms with Crippen molar-refractivity contribution in [3.8, 4) is 0 Å². The van der Waals surface area contributed by atoms with Gasteiger partial charge >= 0.3 is 0 Å². The number of allylic oxidation sites excluding steroid dienone is 2. The smallest absolute Gasteiger partial charge is 0.0800 e. The van der Waals surface area contributed by atoms with Crippen LogP contribution in [0.2, 0.25) is 0 Å². The van der Waals surface area contributed by atoms with Gasteiger partial charge in [-0.1, -0.05) is 18.2 Å². The zero-order valence-electron chi connectivity index (χ0n) is 7.35. The van der Waals surface area contributed by atoms with E-state index in [9.17, 15) is 5.11 Å². The zero-order valence-corrected chi connectivity index (χ0v) is 7.35. The van der Waals surface area contributed by atoms with Gasteiger partial charge in [0.2, 0.25) is 0 Å². The van der Waals surface area contributed by atoms with Crippen LogP contribution >= 0.6 is 0 Å². The van der Waals surface area contributed by atoms with Crippen LogP contribution in [0.1, 0.15) is 33.1 Å². The summed E-state index contributed by atoms with van der Waals surface area (Å²) in [6, 6.07) is 0. The summed E-state index contributed by atoms with van der Waals surface area (Å²) in [6.45, 7) is 7.58. The molecule has 1 rings (SSSR count). The summed E-state index contributed by atoms with van der Waals surface area (Å²) in [5.41, 5.74) is 1.81. The summed E-state index contributed by atoms with van der Waals surface area (Å²) >= 11 is 0. The number of aliphatic hydroxyl groups is 1. The van der Waals surface area contributed by atoms with Crippen molar-refractivity contribution in [1.29, 1.82) is 0 Å². The Morgan fingerprint density at radius 2 is 2.09 bits per heavy atom. The van der Waals surface area contributed by atoms with Crippen LogP contribution in [0, 0.1) is 0 Å². The lowest BCUT2D eigenvalue weighted by molar-refractivity contribution is 0.115. The van der Waals surface area contributed by atoms with Crippen molar-refractivity contribution in [1.82, 2.24) is 0 Å². The Bertz CT molecular complexity index is 193. The fourth-order valence-corrected chi connectivity index (χ4v) is 1.34. The van der Waals surface area contributed by atoms with Gasteiger partial charge in [0.25, 0.3) is 0 Å².